The number of aromatic nitrogens is 2. The topological polar surface area (TPSA) is 81.8 Å². The molecule has 0 unspecified atom stereocenters. The Hall–Kier alpha value is -2.38. The second kappa shape index (κ2) is 8.16. The lowest BCUT2D eigenvalue weighted by atomic mass is 9.90. The maximum absolute atomic E-state index is 11.4. The van der Waals surface area contributed by atoms with Crippen LogP contribution in [-0.2, 0) is 6.42 Å². The first-order valence-electron chi connectivity index (χ1n) is 10.1. The fourth-order valence-corrected chi connectivity index (χ4v) is 4.30. The molecule has 0 saturated carbocycles. The van der Waals surface area contributed by atoms with E-state index in [-0.39, 0.29) is 18.2 Å². The van der Waals surface area contributed by atoms with E-state index in [1.807, 2.05) is 6.20 Å². The van der Waals surface area contributed by atoms with Crippen molar-refractivity contribution in [1.82, 2.24) is 19.4 Å². The smallest absolute Gasteiger partial charge is 0.407 e. The Labute approximate surface area is 172 Å². The van der Waals surface area contributed by atoms with Crippen molar-refractivity contribution in [2.24, 2.45) is 0 Å². The number of aryl methyl sites for hydroxylation is 3. The van der Waals surface area contributed by atoms with Crippen LogP contribution in [0.15, 0.2) is 24.4 Å². The maximum Gasteiger partial charge on any atom is 0.407 e. The van der Waals surface area contributed by atoms with Gasteiger partial charge in [0.05, 0.1) is 12.6 Å². The van der Waals surface area contributed by atoms with Gasteiger partial charge in [0.1, 0.15) is 5.82 Å². The first-order valence-corrected chi connectivity index (χ1v) is 10.1. The average molecular weight is 401 g/mol. The van der Waals surface area contributed by atoms with Crippen molar-refractivity contribution < 1.29 is 15.0 Å². The molecule has 1 aliphatic heterocycles. The van der Waals surface area contributed by atoms with E-state index in [4.69, 9.17) is 4.98 Å². The highest BCUT2D eigenvalue weighted by molar-refractivity contribution is 5.65. The van der Waals surface area contributed by atoms with Gasteiger partial charge in [-0.05, 0) is 70.4 Å². The molecule has 29 heavy (non-hydrogen) atoms. The summed E-state index contributed by atoms with van der Waals surface area (Å²) in [6, 6.07) is 5.93. The van der Waals surface area contributed by atoms with Crippen molar-refractivity contribution in [3.8, 4) is 5.82 Å². The van der Waals surface area contributed by atoms with E-state index in [2.05, 4.69) is 62.3 Å². The molecule has 3 rings (SSSR count). The van der Waals surface area contributed by atoms with Crippen molar-refractivity contribution in [3.05, 3.63) is 46.9 Å². The van der Waals surface area contributed by atoms with Gasteiger partial charge in [-0.25, -0.2) is 9.78 Å². The van der Waals surface area contributed by atoms with Gasteiger partial charge in [0.15, 0.2) is 0 Å². The Bertz CT molecular complexity index is 871. The van der Waals surface area contributed by atoms with Crippen molar-refractivity contribution in [2.45, 2.75) is 52.6 Å². The minimum Gasteiger partial charge on any atom is -0.465 e. The van der Waals surface area contributed by atoms with E-state index >= 15 is 0 Å². The van der Waals surface area contributed by atoms with Gasteiger partial charge in [-0.3, -0.25) is 4.90 Å². The number of carbonyl (C=O) groups is 1. The molecule has 1 saturated heterocycles. The summed E-state index contributed by atoms with van der Waals surface area (Å²) in [7, 11) is 0. The number of pyridine rings is 1. The zero-order chi connectivity index (χ0) is 21.3. The van der Waals surface area contributed by atoms with Crippen molar-refractivity contribution in [2.75, 3.05) is 26.2 Å². The largest absolute Gasteiger partial charge is 0.465 e. The van der Waals surface area contributed by atoms with Crippen LogP contribution in [0.4, 0.5) is 4.79 Å². The monoisotopic (exact) mass is 400 g/mol. The Balaban J connectivity index is 1.77. The number of aliphatic hydroxyl groups is 1. The number of hydrogen-bond donors (Lipinski definition) is 2. The molecule has 0 bridgehead atoms. The van der Waals surface area contributed by atoms with Crippen LogP contribution in [0.3, 0.4) is 0 Å². The van der Waals surface area contributed by atoms with E-state index in [0.29, 0.717) is 19.6 Å². The van der Waals surface area contributed by atoms with E-state index in [9.17, 15) is 15.0 Å². The van der Waals surface area contributed by atoms with Gasteiger partial charge < -0.3 is 19.7 Å². The lowest BCUT2D eigenvalue weighted by molar-refractivity contribution is 0.00105. The first kappa shape index (κ1) is 21.3. The van der Waals surface area contributed by atoms with E-state index < -0.39 is 6.09 Å². The second-order valence-electron chi connectivity index (χ2n) is 8.67. The van der Waals surface area contributed by atoms with Crippen LogP contribution in [-0.4, -0.2) is 73.5 Å². The Morgan fingerprint density at radius 2 is 1.86 bits per heavy atom. The van der Waals surface area contributed by atoms with Crippen LogP contribution in [0.1, 0.15) is 36.4 Å². The lowest BCUT2D eigenvalue weighted by Gasteiger charge is -2.47. The fraction of sp³-hybridized carbons (Fsp3) is 0.545. The second-order valence-corrected chi connectivity index (χ2v) is 8.67. The van der Waals surface area contributed by atoms with Crippen molar-refractivity contribution in [1.29, 1.82) is 0 Å². The molecule has 0 spiro atoms. The summed E-state index contributed by atoms with van der Waals surface area (Å²) >= 11 is 0. The molecule has 1 amide bonds. The maximum atomic E-state index is 11.4. The summed E-state index contributed by atoms with van der Waals surface area (Å²) in [5, 5.41) is 19.0. The van der Waals surface area contributed by atoms with E-state index in [0.717, 1.165) is 23.6 Å². The normalized spacial score (nSPS) is 18.3. The molecule has 0 aliphatic carbocycles. The molecule has 2 N–H and O–H groups in total. The van der Waals surface area contributed by atoms with E-state index in [1.54, 1.807) is 0 Å². The third-order valence-corrected chi connectivity index (χ3v) is 6.12. The Morgan fingerprint density at radius 1 is 1.21 bits per heavy atom. The highest BCUT2D eigenvalue weighted by Crippen LogP contribution is 2.26. The molecule has 7 heteroatoms. The molecular formula is C22H32N4O3. The fourth-order valence-electron chi connectivity index (χ4n) is 4.30. The summed E-state index contributed by atoms with van der Waals surface area (Å²) in [5.74, 6) is 0.930. The van der Waals surface area contributed by atoms with Gasteiger partial charge in [-0.2, -0.15) is 0 Å². The molecule has 7 nitrogen and oxygen atoms in total. The number of hydrogen-bond acceptors (Lipinski definition) is 4. The van der Waals surface area contributed by atoms with Crippen LogP contribution in [0.2, 0.25) is 0 Å². The molecule has 1 fully saturated rings. The zero-order valence-electron chi connectivity index (χ0n) is 18.0. The minimum absolute atomic E-state index is 0.163. The summed E-state index contributed by atoms with van der Waals surface area (Å²) in [6.07, 6.45) is 1.80. The Kier molecular flexibility index (Phi) is 6.00. The predicted octanol–water partition coefficient (Wildman–Crippen LogP) is 2.78. The number of rotatable bonds is 5. The third-order valence-electron chi connectivity index (χ3n) is 6.12. The number of piperazine rings is 1. The predicted molar refractivity (Wildman–Crippen MR) is 113 cm³/mol. The molecule has 0 aromatic carbocycles. The molecule has 1 atom stereocenters. The van der Waals surface area contributed by atoms with Gasteiger partial charge in [-0.1, -0.05) is 0 Å². The first-order chi connectivity index (χ1) is 13.6. The summed E-state index contributed by atoms with van der Waals surface area (Å²) < 4.78 is 2.15. The summed E-state index contributed by atoms with van der Waals surface area (Å²) in [5.41, 5.74) is 4.52. The zero-order valence-corrected chi connectivity index (χ0v) is 18.0. The SMILES string of the molecule is Cc1cc(-n2c(C)ccc2C)ncc1CC(C)(C)N1CCN(C(=O)O)[C@@H](CO)C1. The van der Waals surface area contributed by atoms with E-state index in [1.165, 1.54) is 16.0 Å². The van der Waals surface area contributed by atoms with Crippen LogP contribution >= 0.6 is 0 Å². The van der Waals surface area contributed by atoms with Crippen LogP contribution < -0.4 is 0 Å². The van der Waals surface area contributed by atoms with Crippen LogP contribution in [0.25, 0.3) is 5.82 Å². The van der Waals surface area contributed by atoms with Crippen LogP contribution in [0.5, 0.6) is 0 Å². The molecule has 1 aliphatic rings. The van der Waals surface area contributed by atoms with Crippen molar-refractivity contribution in [3.63, 3.8) is 0 Å². The number of carboxylic acid groups (broad SMARTS) is 1. The number of aliphatic hydroxyl groups excluding tert-OH is 1. The quantitative estimate of drug-likeness (QED) is 0.807. The number of amides is 1. The number of nitrogens with zero attached hydrogens (tertiary/aromatic N) is 4. The van der Waals surface area contributed by atoms with Gasteiger partial charge in [0.2, 0.25) is 0 Å². The third kappa shape index (κ3) is 4.31. The lowest BCUT2D eigenvalue weighted by Crippen LogP contribution is -2.61. The summed E-state index contributed by atoms with van der Waals surface area (Å²) in [4.78, 5) is 19.7. The molecule has 0 radical (unpaired) electrons. The van der Waals surface area contributed by atoms with Gasteiger partial charge in [0, 0.05) is 42.8 Å². The highest BCUT2D eigenvalue weighted by Gasteiger charge is 2.36. The molecule has 158 valence electrons. The molecular weight excluding hydrogens is 368 g/mol. The summed E-state index contributed by atoms with van der Waals surface area (Å²) in [6.45, 7) is 12.0. The molecule has 2 aromatic heterocycles. The van der Waals surface area contributed by atoms with Gasteiger partial charge in [0.25, 0.3) is 0 Å². The van der Waals surface area contributed by atoms with Crippen LogP contribution in [0, 0.1) is 20.8 Å². The highest BCUT2D eigenvalue weighted by atomic mass is 16.4. The van der Waals surface area contributed by atoms with Gasteiger partial charge in [-0.15, -0.1) is 0 Å². The average Bonchev–Trinajstić information content (AvgIpc) is 3.01. The molecule has 2 aromatic rings. The van der Waals surface area contributed by atoms with Gasteiger partial charge >= 0.3 is 6.09 Å². The Morgan fingerprint density at radius 3 is 2.41 bits per heavy atom. The standard InChI is InChI=1S/C22H32N4O3/c1-15-10-20(26-16(2)6-7-17(26)3)23-12-18(15)11-22(4,5)24-8-9-25(21(28)29)19(13-24)14-27/h6-7,10,12,19,27H,8-9,11,13-14H2,1-5H3,(H,28,29)/t19-/m1/s1. The minimum atomic E-state index is -0.965. The van der Waals surface area contributed by atoms with Crippen molar-refractivity contribution >= 4 is 6.09 Å². The molecule has 3 heterocycles.